The van der Waals surface area contributed by atoms with Gasteiger partial charge in [0.2, 0.25) is 0 Å². The van der Waals surface area contributed by atoms with Crippen LogP contribution in [0.4, 0.5) is 0 Å². The maximum absolute atomic E-state index is 5.94. The minimum atomic E-state index is 0.191. The lowest BCUT2D eigenvalue weighted by molar-refractivity contribution is 0.306. The summed E-state index contributed by atoms with van der Waals surface area (Å²) in [6.07, 6.45) is 4.52. The minimum absolute atomic E-state index is 0.191. The number of hydrogen-bond donors (Lipinski definition) is 0. The van der Waals surface area contributed by atoms with Crippen LogP contribution in [0.15, 0.2) is 24.3 Å². The number of ether oxygens (including phenoxy) is 1. The third-order valence-electron chi connectivity index (χ3n) is 2.46. The summed E-state index contributed by atoms with van der Waals surface area (Å²) in [7, 11) is 0. The van der Waals surface area contributed by atoms with Crippen molar-refractivity contribution in [2.24, 2.45) is 0 Å². The lowest BCUT2D eigenvalue weighted by Crippen LogP contribution is -1.99. The van der Waals surface area contributed by atoms with Crippen LogP contribution in [0.1, 0.15) is 38.7 Å². The maximum Gasteiger partial charge on any atom is 0.119 e. The zero-order valence-electron chi connectivity index (χ0n) is 10.2. The molecule has 1 nitrogen and oxygen atoms in total. The summed E-state index contributed by atoms with van der Waals surface area (Å²) in [4.78, 5) is 0. The maximum atomic E-state index is 5.94. The molecule has 0 radical (unpaired) electrons. The largest absolute Gasteiger partial charge is 0.494 e. The predicted molar refractivity (Wildman–Crippen MR) is 70.5 cm³/mol. The van der Waals surface area contributed by atoms with E-state index in [-0.39, 0.29) is 5.38 Å². The Bertz CT molecular complexity index is 279. The molecule has 0 fully saturated rings. The second kappa shape index (κ2) is 7.56. The summed E-state index contributed by atoms with van der Waals surface area (Å²) < 4.78 is 5.64. The van der Waals surface area contributed by atoms with Crippen LogP contribution in [0.25, 0.3) is 0 Å². The van der Waals surface area contributed by atoms with Gasteiger partial charge in [-0.05, 0) is 37.5 Å². The van der Waals surface area contributed by atoms with Crippen molar-refractivity contribution >= 4 is 11.6 Å². The number of rotatable bonds is 7. The van der Waals surface area contributed by atoms with Gasteiger partial charge in [0.05, 0.1) is 6.61 Å². The SMILES string of the molecule is CCCCCOc1ccc(CC(C)Cl)cc1. The Balaban J connectivity index is 2.33. The molecule has 0 heterocycles. The summed E-state index contributed by atoms with van der Waals surface area (Å²) in [5.41, 5.74) is 1.27. The lowest BCUT2D eigenvalue weighted by atomic mass is 10.1. The average Bonchev–Trinajstić information content (AvgIpc) is 2.26. The third kappa shape index (κ3) is 5.41. The molecular weight excluding hydrogens is 220 g/mol. The highest BCUT2D eigenvalue weighted by Crippen LogP contribution is 2.15. The van der Waals surface area contributed by atoms with Crippen LogP contribution in [-0.4, -0.2) is 12.0 Å². The van der Waals surface area contributed by atoms with Gasteiger partial charge in [0, 0.05) is 5.38 Å². The Morgan fingerprint density at radius 1 is 1.19 bits per heavy atom. The summed E-state index contributed by atoms with van der Waals surface area (Å²) in [5, 5.41) is 0.191. The van der Waals surface area contributed by atoms with Gasteiger partial charge in [-0.15, -0.1) is 11.6 Å². The monoisotopic (exact) mass is 240 g/mol. The van der Waals surface area contributed by atoms with Gasteiger partial charge in [-0.2, -0.15) is 0 Å². The first-order chi connectivity index (χ1) is 7.72. The predicted octanol–water partition coefficient (Wildman–Crippen LogP) is 4.43. The first kappa shape index (κ1) is 13.4. The van der Waals surface area contributed by atoms with Crippen molar-refractivity contribution in [1.82, 2.24) is 0 Å². The second-order valence-corrected chi connectivity index (χ2v) is 4.93. The molecule has 0 spiro atoms. The highest BCUT2D eigenvalue weighted by Gasteiger charge is 1.99. The highest BCUT2D eigenvalue weighted by atomic mass is 35.5. The fraction of sp³-hybridized carbons (Fsp3) is 0.571. The van der Waals surface area contributed by atoms with Crippen molar-refractivity contribution < 1.29 is 4.74 Å². The fourth-order valence-corrected chi connectivity index (χ4v) is 1.77. The number of alkyl halides is 1. The molecule has 1 aromatic rings. The van der Waals surface area contributed by atoms with E-state index in [9.17, 15) is 0 Å². The van der Waals surface area contributed by atoms with E-state index in [1.54, 1.807) is 0 Å². The van der Waals surface area contributed by atoms with Gasteiger partial charge in [-0.25, -0.2) is 0 Å². The van der Waals surface area contributed by atoms with E-state index in [0.29, 0.717) is 0 Å². The summed E-state index contributed by atoms with van der Waals surface area (Å²) >= 11 is 5.94. The van der Waals surface area contributed by atoms with Crippen molar-refractivity contribution in [3.63, 3.8) is 0 Å². The molecule has 0 N–H and O–H groups in total. The Hall–Kier alpha value is -0.690. The highest BCUT2D eigenvalue weighted by molar-refractivity contribution is 6.20. The Morgan fingerprint density at radius 2 is 1.88 bits per heavy atom. The van der Waals surface area contributed by atoms with Crippen LogP contribution in [0, 0.1) is 0 Å². The first-order valence-corrected chi connectivity index (χ1v) is 6.52. The smallest absolute Gasteiger partial charge is 0.119 e. The molecule has 1 atom stereocenters. The Labute approximate surface area is 104 Å². The molecule has 16 heavy (non-hydrogen) atoms. The van der Waals surface area contributed by atoms with Crippen molar-refractivity contribution in [1.29, 1.82) is 0 Å². The van der Waals surface area contributed by atoms with Crippen LogP contribution >= 0.6 is 11.6 Å². The van der Waals surface area contributed by atoms with E-state index in [4.69, 9.17) is 16.3 Å². The molecule has 0 aliphatic carbocycles. The van der Waals surface area contributed by atoms with Gasteiger partial charge >= 0.3 is 0 Å². The summed E-state index contributed by atoms with van der Waals surface area (Å²) in [6.45, 7) is 5.03. The van der Waals surface area contributed by atoms with E-state index >= 15 is 0 Å². The molecule has 0 amide bonds. The molecule has 1 rings (SSSR count). The molecule has 90 valence electrons. The zero-order chi connectivity index (χ0) is 11.8. The Kier molecular flexibility index (Phi) is 6.32. The van der Waals surface area contributed by atoms with Crippen LogP contribution in [0.3, 0.4) is 0 Å². The van der Waals surface area contributed by atoms with Crippen LogP contribution in [0.5, 0.6) is 5.75 Å². The summed E-state index contributed by atoms with van der Waals surface area (Å²) in [6, 6.07) is 8.24. The average molecular weight is 241 g/mol. The van der Waals surface area contributed by atoms with Gasteiger partial charge in [-0.1, -0.05) is 31.9 Å². The number of halogens is 1. The van der Waals surface area contributed by atoms with Gasteiger partial charge < -0.3 is 4.74 Å². The quantitative estimate of drug-likeness (QED) is 0.506. The fourth-order valence-electron chi connectivity index (χ4n) is 1.59. The molecule has 0 saturated carbocycles. The van der Waals surface area contributed by atoms with E-state index in [0.717, 1.165) is 25.2 Å². The molecule has 2 heteroatoms. The van der Waals surface area contributed by atoms with Gasteiger partial charge in [-0.3, -0.25) is 0 Å². The lowest BCUT2D eigenvalue weighted by Gasteiger charge is -2.07. The third-order valence-corrected chi connectivity index (χ3v) is 2.61. The first-order valence-electron chi connectivity index (χ1n) is 6.08. The van der Waals surface area contributed by atoms with Crippen molar-refractivity contribution in [2.45, 2.75) is 44.9 Å². The number of benzene rings is 1. The van der Waals surface area contributed by atoms with Crippen LogP contribution in [-0.2, 0) is 6.42 Å². The zero-order valence-corrected chi connectivity index (χ0v) is 11.0. The molecule has 0 bridgehead atoms. The topological polar surface area (TPSA) is 9.23 Å². The number of unbranched alkanes of at least 4 members (excludes halogenated alkanes) is 2. The van der Waals surface area contributed by atoms with E-state index in [1.165, 1.54) is 18.4 Å². The molecule has 0 saturated heterocycles. The Morgan fingerprint density at radius 3 is 2.44 bits per heavy atom. The van der Waals surface area contributed by atoms with Gasteiger partial charge in [0.1, 0.15) is 5.75 Å². The van der Waals surface area contributed by atoms with E-state index < -0.39 is 0 Å². The molecule has 0 aromatic heterocycles. The minimum Gasteiger partial charge on any atom is -0.494 e. The van der Waals surface area contributed by atoms with Crippen LogP contribution < -0.4 is 4.74 Å². The van der Waals surface area contributed by atoms with Crippen molar-refractivity contribution in [3.8, 4) is 5.75 Å². The molecule has 1 aromatic carbocycles. The van der Waals surface area contributed by atoms with Crippen LogP contribution in [0.2, 0.25) is 0 Å². The second-order valence-electron chi connectivity index (χ2n) is 4.18. The standard InChI is InChI=1S/C14H21ClO/c1-3-4-5-10-16-14-8-6-13(7-9-14)11-12(2)15/h6-9,12H,3-5,10-11H2,1-2H3. The molecular formula is C14H21ClO. The van der Waals surface area contributed by atoms with Gasteiger partial charge in [0.25, 0.3) is 0 Å². The molecule has 0 aliphatic rings. The van der Waals surface area contributed by atoms with Crippen molar-refractivity contribution in [2.75, 3.05) is 6.61 Å². The van der Waals surface area contributed by atoms with Crippen molar-refractivity contribution in [3.05, 3.63) is 29.8 Å². The van der Waals surface area contributed by atoms with E-state index in [2.05, 4.69) is 19.1 Å². The molecule has 1 unspecified atom stereocenters. The number of hydrogen-bond acceptors (Lipinski definition) is 1. The normalized spacial score (nSPS) is 12.4. The van der Waals surface area contributed by atoms with E-state index in [1.807, 2.05) is 19.1 Å². The van der Waals surface area contributed by atoms with Gasteiger partial charge in [0.15, 0.2) is 0 Å². The summed E-state index contributed by atoms with van der Waals surface area (Å²) in [5.74, 6) is 0.960. The molecule has 0 aliphatic heterocycles.